The van der Waals surface area contributed by atoms with Crippen molar-refractivity contribution in [2.75, 3.05) is 21.1 Å². The van der Waals surface area contributed by atoms with Gasteiger partial charge in [-0.25, -0.2) is 0 Å². The van der Waals surface area contributed by atoms with Gasteiger partial charge in [0.05, 0.1) is 21.1 Å². The largest absolute Gasteiger partial charge is 0.325 e. The van der Waals surface area contributed by atoms with Crippen LogP contribution < -0.4 is 0 Å². The lowest BCUT2D eigenvalue weighted by molar-refractivity contribution is -0.888. The van der Waals surface area contributed by atoms with Crippen molar-refractivity contribution in [3.63, 3.8) is 0 Å². The van der Waals surface area contributed by atoms with Crippen molar-refractivity contribution in [1.82, 2.24) is 0 Å². The number of halogens is 2. The zero-order valence-electron chi connectivity index (χ0n) is 9.06. The molecule has 0 N–H and O–H groups in total. The number of hydrogen-bond donors (Lipinski definition) is 0. The molecule has 3 heteroatoms. The van der Waals surface area contributed by atoms with Crippen LogP contribution in [0.2, 0.25) is 0 Å². The van der Waals surface area contributed by atoms with E-state index in [0.717, 1.165) is 33.8 Å². The van der Waals surface area contributed by atoms with Crippen molar-refractivity contribution >= 4 is 23.2 Å². The minimum absolute atomic E-state index is 0.381. The van der Waals surface area contributed by atoms with Gasteiger partial charge in [-0.15, -0.1) is 0 Å². The molecule has 0 aromatic rings. The first kappa shape index (κ1) is 12.1. The van der Waals surface area contributed by atoms with E-state index in [4.69, 9.17) is 23.2 Å². The molecule has 0 fully saturated rings. The lowest BCUT2D eigenvalue weighted by Crippen LogP contribution is -2.44. The number of nitrogens with zero attached hydrogens (tertiary/aromatic N) is 1. The summed E-state index contributed by atoms with van der Waals surface area (Å²) in [6.45, 7) is 0. The first-order valence-electron chi connectivity index (χ1n) is 4.91. The van der Waals surface area contributed by atoms with E-state index in [2.05, 4.69) is 33.3 Å². The molecule has 1 atom stereocenters. The van der Waals surface area contributed by atoms with Gasteiger partial charge in [0, 0.05) is 16.5 Å². The first-order valence-corrected chi connectivity index (χ1v) is 5.67. The second kappa shape index (κ2) is 4.69. The van der Waals surface area contributed by atoms with Gasteiger partial charge in [-0.3, -0.25) is 0 Å². The maximum absolute atomic E-state index is 6.12. The molecule has 1 aliphatic rings. The van der Waals surface area contributed by atoms with Gasteiger partial charge in [-0.05, 0) is 18.9 Å². The van der Waals surface area contributed by atoms with E-state index >= 15 is 0 Å². The average molecular weight is 235 g/mol. The Morgan fingerprint density at radius 3 is 2.43 bits per heavy atom. The number of rotatable bonds is 1. The minimum Gasteiger partial charge on any atom is -0.325 e. The third-order valence-electron chi connectivity index (χ3n) is 2.52. The lowest BCUT2D eigenvalue weighted by atomic mass is 10.1. The van der Waals surface area contributed by atoms with Crippen molar-refractivity contribution in [3.05, 3.63) is 22.2 Å². The van der Waals surface area contributed by atoms with E-state index < -0.39 is 0 Å². The Hall–Kier alpha value is 0.0200. The van der Waals surface area contributed by atoms with Crippen LogP contribution >= 0.6 is 23.2 Å². The van der Waals surface area contributed by atoms with Crippen molar-refractivity contribution < 1.29 is 4.48 Å². The summed E-state index contributed by atoms with van der Waals surface area (Å²) in [5, 5.41) is 1.92. The van der Waals surface area contributed by atoms with Gasteiger partial charge in [0.2, 0.25) is 0 Å². The highest BCUT2D eigenvalue weighted by molar-refractivity contribution is 6.30. The van der Waals surface area contributed by atoms with Gasteiger partial charge in [0.15, 0.2) is 0 Å². The highest BCUT2D eigenvalue weighted by atomic mass is 35.5. The van der Waals surface area contributed by atoms with Crippen molar-refractivity contribution in [3.8, 4) is 0 Å². The number of hydrogen-bond acceptors (Lipinski definition) is 0. The fourth-order valence-electron chi connectivity index (χ4n) is 1.50. The van der Waals surface area contributed by atoms with Crippen molar-refractivity contribution in [2.24, 2.45) is 0 Å². The molecule has 0 unspecified atom stereocenters. The van der Waals surface area contributed by atoms with Crippen LogP contribution in [0.3, 0.4) is 0 Å². The highest BCUT2D eigenvalue weighted by Gasteiger charge is 2.23. The van der Waals surface area contributed by atoms with Crippen LogP contribution in [0.1, 0.15) is 19.3 Å². The predicted molar refractivity (Wildman–Crippen MR) is 63.5 cm³/mol. The summed E-state index contributed by atoms with van der Waals surface area (Å²) in [5.41, 5.74) is 0. The van der Waals surface area contributed by atoms with Crippen LogP contribution in [-0.2, 0) is 0 Å². The molecule has 0 bridgehead atoms. The Balaban J connectivity index is 2.84. The fourth-order valence-corrected chi connectivity index (χ4v) is 2.02. The lowest BCUT2D eigenvalue weighted by Gasteiger charge is -2.33. The molecule has 0 heterocycles. The smallest absolute Gasteiger partial charge is 0.113 e. The van der Waals surface area contributed by atoms with E-state index in [1.165, 1.54) is 0 Å². The predicted octanol–water partition coefficient (Wildman–Crippen LogP) is 3.49. The topological polar surface area (TPSA) is 0 Å². The second-order valence-corrected chi connectivity index (χ2v) is 5.66. The summed E-state index contributed by atoms with van der Waals surface area (Å²) in [7, 11) is 6.49. The summed E-state index contributed by atoms with van der Waals surface area (Å²) >= 11 is 12.2. The molecule has 0 spiro atoms. The van der Waals surface area contributed by atoms with Gasteiger partial charge in [0.25, 0.3) is 0 Å². The molecule has 0 aliphatic heterocycles. The van der Waals surface area contributed by atoms with Gasteiger partial charge >= 0.3 is 0 Å². The Kier molecular flexibility index (Phi) is 4.05. The van der Waals surface area contributed by atoms with E-state index in [9.17, 15) is 0 Å². The van der Waals surface area contributed by atoms with E-state index in [1.807, 2.05) is 0 Å². The van der Waals surface area contributed by atoms with Crippen LogP contribution in [0.4, 0.5) is 0 Å². The molecular formula is C11H18Cl2N+. The average Bonchev–Trinajstić information content (AvgIpc) is 1.98. The molecule has 0 aromatic heterocycles. The molecule has 14 heavy (non-hydrogen) atoms. The molecule has 1 nitrogen and oxygen atoms in total. The van der Waals surface area contributed by atoms with Gasteiger partial charge in [-0.1, -0.05) is 29.3 Å². The normalized spacial score (nSPS) is 28.5. The van der Waals surface area contributed by atoms with E-state index in [-0.39, 0.29) is 0 Å². The first-order chi connectivity index (χ1) is 6.39. The van der Waals surface area contributed by atoms with E-state index in [1.54, 1.807) is 0 Å². The molecule has 0 radical (unpaired) electrons. The summed E-state index contributed by atoms with van der Waals surface area (Å²) in [6, 6.07) is 0.381. The Labute approximate surface area is 96.6 Å². The maximum Gasteiger partial charge on any atom is 0.113 e. The number of quaternary nitrogens is 1. The monoisotopic (exact) mass is 234 g/mol. The third kappa shape index (κ3) is 3.64. The molecule has 80 valence electrons. The SMILES string of the molecule is C[N+](C)(C)[C@H]1C=C(Cl)CC/C=C(\Cl)C1. The molecule has 0 saturated carbocycles. The van der Waals surface area contributed by atoms with Crippen LogP contribution in [0, 0.1) is 0 Å². The van der Waals surface area contributed by atoms with Gasteiger partial charge in [-0.2, -0.15) is 0 Å². The Bertz CT molecular complexity index is 261. The van der Waals surface area contributed by atoms with Gasteiger partial charge < -0.3 is 4.48 Å². The van der Waals surface area contributed by atoms with Crippen molar-refractivity contribution in [1.29, 1.82) is 0 Å². The summed E-state index contributed by atoms with van der Waals surface area (Å²) in [4.78, 5) is 0. The van der Waals surface area contributed by atoms with Crippen LogP contribution in [0.5, 0.6) is 0 Å². The molecule has 1 rings (SSSR count). The van der Waals surface area contributed by atoms with Crippen LogP contribution in [0.25, 0.3) is 0 Å². The standard InChI is InChI=1S/C11H18Cl2N/c1-14(2,3)11-7-9(12)5-4-6-10(13)8-11/h5,8,11H,4,6-7H2,1-3H3/q+1/b9-5-,10-8?/t11-/m1/s1. The van der Waals surface area contributed by atoms with Crippen LogP contribution in [0.15, 0.2) is 22.2 Å². The zero-order valence-corrected chi connectivity index (χ0v) is 10.6. The van der Waals surface area contributed by atoms with Crippen molar-refractivity contribution in [2.45, 2.75) is 25.3 Å². The zero-order chi connectivity index (χ0) is 10.8. The highest BCUT2D eigenvalue weighted by Crippen LogP contribution is 2.25. The number of allylic oxidation sites excluding steroid dienone is 2. The Morgan fingerprint density at radius 2 is 1.86 bits per heavy atom. The molecular weight excluding hydrogens is 217 g/mol. The molecule has 0 amide bonds. The number of likely N-dealkylation sites (N-methyl/N-ethyl adjacent to an activating group) is 1. The minimum atomic E-state index is 0.381. The molecule has 0 saturated heterocycles. The fraction of sp³-hybridized carbons (Fsp3) is 0.636. The molecule has 0 aromatic carbocycles. The summed E-state index contributed by atoms with van der Waals surface area (Å²) < 4.78 is 0.861. The summed E-state index contributed by atoms with van der Waals surface area (Å²) in [5.74, 6) is 0. The Morgan fingerprint density at radius 1 is 1.21 bits per heavy atom. The molecule has 1 aliphatic carbocycles. The summed E-state index contributed by atoms with van der Waals surface area (Å²) in [6.07, 6.45) is 6.99. The van der Waals surface area contributed by atoms with Gasteiger partial charge in [0.1, 0.15) is 6.04 Å². The van der Waals surface area contributed by atoms with Crippen LogP contribution in [-0.4, -0.2) is 31.7 Å². The second-order valence-electron chi connectivity index (χ2n) is 4.69. The van der Waals surface area contributed by atoms with E-state index in [0.29, 0.717) is 6.04 Å². The quantitative estimate of drug-likeness (QED) is 0.610. The maximum atomic E-state index is 6.12. The third-order valence-corrected chi connectivity index (χ3v) is 3.14.